The number of aromatic nitrogens is 1. The molecule has 1 amide bonds. The predicted molar refractivity (Wildman–Crippen MR) is 116 cm³/mol. The molecule has 0 N–H and O–H groups in total. The minimum atomic E-state index is -0.0392. The van der Waals surface area contributed by atoms with Crippen molar-refractivity contribution >= 4 is 17.2 Å². The summed E-state index contributed by atoms with van der Waals surface area (Å²) in [6.45, 7) is 12.2. The van der Waals surface area contributed by atoms with E-state index >= 15 is 0 Å². The van der Waals surface area contributed by atoms with Gasteiger partial charge in [-0.15, -0.1) is 11.3 Å². The maximum absolute atomic E-state index is 13.1. The minimum Gasteiger partial charge on any atom is -0.497 e. The molecule has 1 aliphatic rings. The van der Waals surface area contributed by atoms with Gasteiger partial charge in [-0.3, -0.25) is 9.69 Å². The number of ether oxygens (including phenoxy) is 2. The average molecular weight is 418 g/mol. The largest absolute Gasteiger partial charge is 0.497 e. The number of rotatable bonds is 5. The summed E-state index contributed by atoms with van der Waals surface area (Å²) in [5.74, 6) is 1.79. The molecule has 0 atom stereocenters. The molecule has 1 fully saturated rings. The quantitative estimate of drug-likeness (QED) is 0.742. The second-order valence-electron chi connectivity index (χ2n) is 8.43. The maximum atomic E-state index is 13.1. The fourth-order valence-corrected chi connectivity index (χ4v) is 4.51. The molecule has 0 spiro atoms. The molecule has 0 saturated carbocycles. The lowest BCUT2D eigenvalue weighted by molar-refractivity contribution is 0.0631. The Labute approximate surface area is 177 Å². The Morgan fingerprint density at radius 3 is 2.38 bits per heavy atom. The van der Waals surface area contributed by atoms with E-state index in [9.17, 15) is 4.79 Å². The van der Waals surface area contributed by atoms with Gasteiger partial charge >= 0.3 is 0 Å². The highest BCUT2D eigenvalue weighted by molar-refractivity contribution is 7.14. The number of benzene rings is 1. The van der Waals surface area contributed by atoms with Gasteiger partial charge in [0.1, 0.15) is 16.4 Å². The zero-order valence-corrected chi connectivity index (χ0v) is 19.1. The van der Waals surface area contributed by atoms with E-state index in [1.807, 2.05) is 30.0 Å². The van der Waals surface area contributed by atoms with Crippen molar-refractivity contribution in [3.8, 4) is 11.5 Å². The summed E-state index contributed by atoms with van der Waals surface area (Å²) in [6, 6.07) is 5.86. The Balaban J connectivity index is 1.64. The predicted octanol–water partition coefficient (Wildman–Crippen LogP) is 3.72. The van der Waals surface area contributed by atoms with E-state index < -0.39 is 0 Å². The summed E-state index contributed by atoms with van der Waals surface area (Å²) in [5.41, 5.74) is 1.90. The third-order valence-electron chi connectivity index (χ3n) is 5.17. The molecule has 2 aromatic rings. The van der Waals surface area contributed by atoms with Gasteiger partial charge in [0.05, 0.1) is 24.9 Å². The molecule has 1 aliphatic heterocycles. The molecular weight excluding hydrogens is 386 g/mol. The van der Waals surface area contributed by atoms with Crippen LogP contribution in [0.5, 0.6) is 11.5 Å². The van der Waals surface area contributed by atoms with Crippen molar-refractivity contribution in [1.29, 1.82) is 0 Å². The van der Waals surface area contributed by atoms with Crippen LogP contribution in [0.1, 0.15) is 46.7 Å². The summed E-state index contributed by atoms with van der Waals surface area (Å²) in [4.78, 5) is 22.8. The Hall–Kier alpha value is -2.12. The summed E-state index contributed by atoms with van der Waals surface area (Å²) in [5, 5.41) is 1.02. The topological polar surface area (TPSA) is 54.9 Å². The second kappa shape index (κ2) is 8.71. The molecule has 0 radical (unpaired) electrons. The normalized spacial score (nSPS) is 15.4. The van der Waals surface area contributed by atoms with Gasteiger partial charge in [-0.05, 0) is 25.1 Å². The molecule has 0 aliphatic carbocycles. The van der Waals surface area contributed by atoms with Crippen LogP contribution < -0.4 is 9.47 Å². The number of piperazine rings is 1. The highest BCUT2D eigenvalue weighted by Gasteiger charge is 2.28. The lowest BCUT2D eigenvalue weighted by Crippen LogP contribution is -2.48. The van der Waals surface area contributed by atoms with Gasteiger partial charge in [0, 0.05) is 43.7 Å². The maximum Gasteiger partial charge on any atom is 0.265 e. The van der Waals surface area contributed by atoms with Crippen LogP contribution in [0, 0.1) is 6.92 Å². The Morgan fingerprint density at radius 2 is 1.83 bits per heavy atom. The van der Waals surface area contributed by atoms with Crippen LogP contribution in [0.4, 0.5) is 0 Å². The van der Waals surface area contributed by atoms with Gasteiger partial charge in [0.15, 0.2) is 0 Å². The Bertz CT molecular complexity index is 865. The van der Waals surface area contributed by atoms with Crippen molar-refractivity contribution in [2.75, 3.05) is 40.4 Å². The number of amides is 1. The second-order valence-corrected chi connectivity index (χ2v) is 9.43. The molecule has 1 aromatic carbocycles. The van der Waals surface area contributed by atoms with Crippen molar-refractivity contribution in [2.45, 2.75) is 39.7 Å². The summed E-state index contributed by atoms with van der Waals surface area (Å²) in [6.07, 6.45) is 0. The molecular formula is C22H31N3O3S. The highest BCUT2D eigenvalue weighted by atomic mass is 32.1. The molecule has 1 saturated heterocycles. The van der Waals surface area contributed by atoms with E-state index in [0.29, 0.717) is 13.1 Å². The van der Waals surface area contributed by atoms with Crippen LogP contribution in [0.3, 0.4) is 0 Å². The van der Waals surface area contributed by atoms with E-state index in [0.717, 1.165) is 52.3 Å². The van der Waals surface area contributed by atoms with Crippen molar-refractivity contribution in [2.24, 2.45) is 0 Å². The van der Waals surface area contributed by atoms with Gasteiger partial charge in [0.25, 0.3) is 5.91 Å². The summed E-state index contributed by atoms with van der Waals surface area (Å²) in [7, 11) is 3.35. The van der Waals surface area contributed by atoms with Gasteiger partial charge < -0.3 is 14.4 Å². The fraction of sp³-hybridized carbons (Fsp3) is 0.545. The van der Waals surface area contributed by atoms with E-state index in [1.54, 1.807) is 14.2 Å². The third kappa shape index (κ3) is 4.90. The van der Waals surface area contributed by atoms with Gasteiger partial charge in [-0.2, -0.15) is 0 Å². The highest BCUT2D eigenvalue weighted by Crippen LogP contribution is 2.30. The molecule has 1 aromatic heterocycles. The molecule has 6 nitrogen and oxygen atoms in total. The first-order valence-corrected chi connectivity index (χ1v) is 10.7. The van der Waals surface area contributed by atoms with Crippen LogP contribution in [0.15, 0.2) is 18.2 Å². The van der Waals surface area contributed by atoms with Crippen molar-refractivity contribution in [1.82, 2.24) is 14.8 Å². The van der Waals surface area contributed by atoms with E-state index in [1.165, 1.54) is 11.3 Å². The first-order valence-electron chi connectivity index (χ1n) is 9.93. The van der Waals surface area contributed by atoms with E-state index in [4.69, 9.17) is 9.47 Å². The molecule has 2 heterocycles. The number of aryl methyl sites for hydroxylation is 1. The summed E-state index contributed by atoms with van der Waals surface area (Å²) < 4.78 is 10.8. The number of nitrogens with zero attached hydrogens (tertiary/aromatic N) is 3. The first-order chi connectivity index (χ1) is 13.7. The van der Waals surface area contributed by atoms with Gasteiger partial charge in [-0.25, -0.2) is 4.98 Å². The lowest BCUT2D eigenvalue weighted by atomic mass is 9.98. The van der Waals surface area contributed by atoms with E-state index in [2.05, 4.69) is 30.7 Å². The average Bonchev–Trinajstić information content (AvgIpc) is 3.10. The van der Waals surface area contributed by atoms with Crippen LogP contribution in [0.2, 0.25) is 0 Å². The molecule has 158 valence electrons. The van der Waals surface area contributed by atoms with Crippen molar-refractivity contribution in [3.05, 3.63) is 39.3 Å². The SMILES string of the molecule is COc1ccc(OC)c(CN2CCN(C(=O)c3sc(C(C)(C)C)nc3C)CC2)c1. The number of thiazole rings is 1. The third-order valence-corrected chi connectivity index (χ3v) is 6.74. The Morgan fingerprint density at radius 1 is 1.14 bits per heavy atom. The van der Waals surface area contributed by atoms with Gasteiger partial charge in [-0.1, -0.05) is 20.8 Å². The lowest BCUT2D eigenvalue weighted by Gasteiger charge is -2.34. The van der Waals surface area contributed by atoms with Crippen molar-refractivity contribution < 1.29 is 14.3 Å². The van der Waals surface area contributed by atoms with Crippen LogP contribution in [0.25, 0.3) is 0 Å². The van der Waals surface area contributed by atoms with Crippen LogP contribution in [-0.2, 0) is 12.0 Å². The first kappa shape index (κ1) is 21.6. The molecule has 0 bridgehead atoms. The fourth-order valence-electron chi connectivity index (χ4n) is 3.41. The van der Waals surface area contributed by atoms with Gasteiger partial charge in [0.2, 0.25) is 0 Å². The monoisotopic (exact) mass is 417 g/mol. The van der Waals surface area contributed by atoms with Crippen LogP contribution in [-0.4, -0.2) is 61.1 Å². The molecule has 3 rings (SSSR count). The minimum absolute atomic E-state index is 0.0392. The smallest absolute Gasteiger partial charge is 0.265 e. The van der Waals surface area contributed by atoms with Crippen molar-refractivity contribution in [3.63, 3.8) is 0 Å². The summed E-state index contributed by atoms with van der Waals surface area (Å²) >= 11 is 1.53. The standard InChI is InChI=1S/C22H31N3O3S/c1-15-19(29-21(23-15)22(2,3)4)20(26)25-11-9-24(10-12-25)14-16-13-17(27-5)7-8-18(16)28-6/h7-8,13H,9-12,14H2,1-6H3. The molecule has 29 heavy (non-hydrogen) atoms. The number of hydrogen-bond donors (Lipinski definition) is 0. The van der Waals surface area contributed by atoms with Crippen LogP contribution >= 0.6 is 11.3 Å². The van der Waals surface area contributed by atoms with E-state index in [-0.39, 0.29) is 11.3 Å². The number of carbonyl (C=O) groups is 1. The number of methoxy groups -OCH3 is 2. The molecule has 7 heteroatoms. The zero-order valence-electron chi connectivity index (χ0n) is 18.2. The zero-order chi connectivity index (χ0) is 21.2. The number of carbonyl (C=O) groups excluding carboxylic acids is 1. The Kier molecular flexibility index (Phi) is 6.49. The molecule has 0 unspecified atom stereocenters. The number of hydrogen-bond acceptors (Lipinski definition) is 6.